The number of hydrogen-bond donors (Lipinski definition) is 2. The highest BCUT2D eigenvalue weighted by molar-refractivity contribution is 7.89. The zero-order chi connectivity index (χ0) is 15.3. The van der Waals surface area contributed by atoms with E-state index in [-0.39, 0.29) is 23.3 Å². The van der Waals surface area contributed by atoms with Crippen molar-refractivity contribution in [3.05, 3.63) is 29.6 Å². The lowest BCUT2D eigenvalue weighted by Gasteiger charge is -2.15. The molecule has 2 N–H and O–H groups in total. The Balaban J connectivity index is 3.05. The molecule has 0 spiro atoms. The van der Waals surface area contributed by atoms with Gasteiger partial charge in [0.2, 0.25) is 10.0 Å². The Morgan fingerprint density at radius 1 is 1.55 bits per heavy atom. The fraction of sp³-hybridized carbons (Fsp3) is 0.333. The summed E-state index contributed by atoms with van der Waals surface area (Å²) in [7, 11) is -4.00. The van der Waals surface area contributed by atoms with Crippen LogP contribution in [0.2, 0.25) is 0 Å². The molecule has 1 aromatic rings. The Morgan fingerprint density at radius 3 is 2.70 bits per heavy atom. The van der Waals surface area contributed by atoms with E-state index in [1.54, 1.807) is 13.0 Å². The minimum absolute atomic E-state index is 0.278. The molecule has 0 aliphatic heterocycles. The van der Waals surface area contributed by atoms with Gasteiger partial charge in [-0.3, -0.25) is 4.79 Å². The molecular weight excluding hydrogens is 287 g/mol. The molecule has 0 saturated carbocycles. The largest absolute Gasteiger partial charge is 0.481 e. The number of rotatable bonds is 6. The Hall–Kier alpha value is -1.98. The van der Waals surface area contributed by atoms with Crippen molar-refractivity contribution < 1.29 is 22.7 Å². The molecule has 0 radical (unpaired) electrons. The van der Waals surface area contributed by atoms with Gasteiger partial charge in [0.15, 0.2) is 0 Å². The molecule has 0 aliphatic rings. The fourth-order valence-electron chi connectivity index (χ4n) is 1.52. The maximum Gasteiger partial charge on any atom is 0.304 e. The lowest BCUT2D eigenvalue weighted by atomic mass is 10.2. The average Bonchev–Trinajstić information content (AvgIpc) is 2.37. The smallest absolute Gasteiger partial charge is 0.304 e. The zero-order valence-electron chi connectivity index (χ0n) is 10.6. The summed E-state index contributed by atoms with van der Waals surface area (Å²) in [6, 6.07) is 3.58. The summed E-state index contributed by atoms with van der Waals surface area (Å²) in [5.74, 6) is -1.94. The molecule has 8 heteroatoms. The van der Waals surface area contributed by atoms with Crippen LogP contribution in [0.1, 0.15) is 25.3 Å². The van der Waals surface area contributed by atoms with Crippen molar-refractivity contribution >= 4 is 16.0 Å². The van der Waals surface area contributed by atoms with Crippen LogP contribution in [0.25, 0.3) is 0 Å². The van der Waals surface area contributed by atoms with Crippen LogP contribution in [0.5, 0.6) is 0 Å². The van der Waals surface area contributed by atoms with E-state index >= 15 is 0 Å². The molecule has 0 amide bonds. The second kappa shape index (κ2) is 6.45. The third-order valence-electron chi connectivity index (χ3n) is 2.60. The number of carboxylic acids is 1. The minimum atomic E-state index is -4.00. The number of halogens is 1. The molecule has 108 valence electrons. The summed E-state index contributed by atoms with van der Waals surface area (Å²) in [6.07, 6.45) is -0.0696. The van der Waals surface area contributed by atoms with Gasteiger partial charge >= 0.3 is 5.97 Å². The van der Waals surface area contributed by atoms with Gasteiger partial charge in [-0.25, -0.2) is 17.5 Å². The van der Waals surface area contributed by atoms with Crippen LogP contribution in [0.4, 0.5) is 4.39 Å². The molecule has 1 rings (SSSR count). The molecule has 1 atom stereocenters. The molecule has 1 aromatic carbocycles. The summed E-state index contributed by atoms with van der Waals surface area (Å²) >= 11 is 0. The standard InChI is InChI=1S/C12H13FN2O4S/c1-2-9(6-12(16)17)15-20(18,19)10-3-4-11(13)8(5-10)7-14/h3-5,9,15H,2,6H2,1H3,(H,16,17). The van der Waals surface area contributed by atoms with Crippen LogP contribution in [-0.4, -0.2) is 25.5 Å². The Bertz CT molecular complexity index is 652. The Kier molecular flexibility index (Phi) is 5.19. The second-order valence-electron chi connectivity index (χ2n) is 4.08. The van der Waals surface area contributed by atoms with Gasteiger partial charge < -0.3 is 5.11 Å². The average molecular weight is 300 g/mol. The first-order chi connectivity index (χ1) is 9.30. The monoisotopic (exact) mass is 300 g/mol. The maximum absolute atomic E-state index is 13.1. The van der Waals surface area contributed by atoms with Crippen LogP contribution >= 0.6 is 0 Å². The number of sulfonamides is 1. The number of carbonyl (C=O) groups is 1. The van der Waals surface area contributed by atoms with E-state index < -0.39 is 27.9 Å². The third kappa shape index (κ3) is 4.01. The summed E-state index contributed by atoms with van der Waals surface area (Å²) in [4.78, 5) is 10.3. The van der Waals surface area contributed by atoms with Crippen LogP contribution in [0.15, 0.2) is 23.1 Å². The van der Waals surface area contributed by atoms with Gasteiger partial charge in [0.25, 0.3) is 0 Å². The molecule has 20 heavy (non-hydrogen) atoms. The highest BCUT2D eigenvalue weighted by Crippen LogP contribution is 2.15. The van der Waals surface area contributed by atoms with Crippen LogP contribution < -0.4 is 4.72 Å². The number of nitriles is 1. The number of nitrogens with one attached hydrogen (secondary N) is 1. The number of nitrogens with zero attached hydrogens (tertiary/aromatic N) is 1. The highest BCUT2D eigenvalue weighted by atomic mass is 32.2. The van der Waals surface area contributed by atoms with E-state index in [4.69, 9.17) is 10.4 Å². The van der Waals surface area contributed by atoms with Crippen molar-refractivity contribution in [2.45, 2.75) is 30.7 Å². The molecule has 0 heterocycles. The normalized spacial score (nSPS) is 12.7. The summed E-state index contributed by atoms with van der Waals surface area (Å²) in [6.45, 7) is 1.64. The van der Waals surface area contributed by atoms with Crippen molar-refractivity contribution in [3.63, 3.8) is 0 Å². The van der Waals surface area contributed by atoms with Gasteiger partial charge in [-0.1, -0.05) is 6.92 Å². The Labute approximate surface area is 115 Å². The number of benzene rings is 1. The van der Waals surface area contributed by atoms with Crippen LogP contribution in [-0.2, 0) is 14.8 Å². The van der Waals surface area contributed by atoms with Gasteiger partial charge in [0, 0.05) is 6.04 Å². The third-order valence-corrected chi connectivity index (χ3v) is 4.12. The second-order valence-corrected chi connectivity index (χ2v) is 5.79. The topological polar surface area (TPSA) is 107 Å². The van der Waals surface area contributed by atoms with E-state index in [1.807, 2.05) is 0 Å². The molecule has 6 nitrogen and oxygen atoms in total. The van der Waals surface area contributed by atoms with E-state index in [0.717, 1.165) is 18.2 Å². The van der Waals surface area contributed by atoms with Crippen molar-refractivity contribution in [1.29, 1.82) is 5.26 Å². The SMILES string of the molecule is CCC(CC(=O)O)NS(=O)(=O)c1ccc(F)c(C#N)c1. The highest BCUT2D eigenvalue weighted by Gasteiger charge is 2.22. The van der Waals surface area contributed by atoms with Gasteiger partial charge in [-0.05, 0) is 24.6 Å². The molecule has 0 bridgehead atoms. The maximum atomic E-state index is 13.1. The molecule has 0 saturated heterocycles. The van der Waals surface area contributed by atoms with Crippen molar-refractivity contribution in [2.75, 3.05) is 0 Å². The number of hydrogen-bond acceptors (Lipinski definition) is 4. The van der Waals surface area contributed by atoms with E-state index in [0.29, 0.717) is 0 Å². The fourth-order valence-corrected chi connectivity index (χ4v) is 2.87. The summed E-state index contributed by atoms with van der Waals surface area (Å²) < 4.78 is 39.4. The van der Waals surface area contributed by atoms with Gasteiger partial charge in [-0.2, -0.15) is 5.26 Å². The summed E-state index contributed by atoms with van der Waals surface area (Å²) in [5.41, 5.74) is -0.390. The number of carboxylic acid groups (broad SMARTS) is 1. The first kappa shape index (κ1) is 16.1. The molecule has 0 fully saturated rings. The molecule has 0 aliphatic carbocycles. The summed E-state index contributed by atoms with van der Waals surface area (Å²) in [5, 5.41) is 17.3. The molecule has 1 unspecified atom stereocenters. The van der Waals surface area contributed by atoms with Crippen molar-refractivity contribution in [3.8, 4) is 6.07 Å². The van der Waals surface area contributed by atoms with Crippen LogP contribution in [0.3, 0.4) is 0 Å². The van der Waals surface area contributed by atoms with Crippen molar-refractivity contribution in [1.82, 2.24) is 4.72 Å². The minimum Gasteiger partial charge on any atom is -0.481 e. The van der Waals surface area contributed by atoms with E-state index in [2.05, 4.69) is 4.72 Å². The predicted octanol–water partition coefficient (Wildman–Crippen LogP) is 1.23. The van der Waals surface area contributed by atoms with Gasteiger partial charge in [0.05, 0.1) is 16.9 Å². The zero-order valence-corrected chi connectivity index (χ0v) is 11.4. The molecule has 0 aromatic heterocycles. The van der Waals surface area contributed by atoms with Crippen LogP contribution in [0, 0.1) is 17.1 Å². The first-order valence-electron chi connectivity index (χ1n) is 5.74. The lowest BCUT2D eigenvalue weighted by molar-refractivity contribution is -0.137. The Morgan fingerprint density at radius 2 is 2.20 bits per heavy atom. The number of aliphatic carboxylic acids is 1. The first-order valence-corrected chi connectivity index (χ1v) is 7.22. The van der Waals surface area contributed by atoms with Gasteiger partial charge in [0.1, 0.15) is 11.9 Å². The van der Waals surface area contributed by atoms with Gasteiger partial charge in [-0.15, -0.1) is 0 Å². The lowest BCUT2D eigenvalue weighted by Crippen LogP contribution is -2.36. The quantitative estimate of drug-likeness (QED) is 0.821. The van der Waals surface area contributed by atoms with Crippen molar-refractivity contribution in [2.24, 2.45) is 0 Å². The van der Waals surface area contributed by atoms with E-state index in [9.17, 15) is 17.6 Å². The predicted molar refractivity (Wildman–Crippen MR) is 67.8 cm³/mol. The molecular formula is C12H13FN2O4S. The van der Waals surface area contributed by atoms with E-state index in [1.165, 1.54) is 0 Å².